The third-order valence-electron chi connectivity index (χ3n) is 2.57. The maximum atomic E-state index is 5.31. The Hall–Kier alpha value is -0.780. The zero-order valence-corrected chi connectivity index (χ0v) is 11.4. The molecule has 1 nitrogen and oxygen atoms in total. The highest BCUT2D eigenvalue weighted by Crippen LogP contribution is 2.21. The first kappa shape index (κ1) is 13.3. The molecule has 0 aliphatic rings. The average molecular weight is 280 g/mol. The summed E-state index contributed by atoms with van der Waals surface area (Å²) >= 11 is 3.50. The molecule has 0 saturated heterocycles. The average Bonchev–Trinajstić information content (AvgIpc) is 2.26. The van der Waals surface area contributed by atoms with Crippen LogP contribution in [0.1, 0.15) is 38.3 Å². The zero-order chi connectivity index (χ0) is 12.0. The second-order valence-electron chi connectivity index (χ2n) is 3.99. The van der Waals surface area contributed by atoms with Crippen LogP contribution >= 0.6 is 15.9 Å². The largest absolute Gasteiger partial charge is 0.307 e. The van der Waals surface area contributed by atoms with Crippen molar-refractivity contribution in [1.82, 2.24) is 5.32 Å². The van der Waals surface area contributed by atoms with E-state index in [-0.39, 0.29) is 0 Å². The van der Waals surface area contributed by atoms with Gasteiger partial charge in [0.05, 0.1) is 0 Å². The molecule has 2 heteroatoms. The lowest BCUT2D eigenvalue weighted by Crippen LogP contribution is -2.29. The predicted molar refractivity (Wildman–Crippen MR) is 73.2 cm³/mol. The second-order valence-corrected chi connectivity index (χ2v) is 4.91. The summed E-state index contributed by atoms with van der Waals surface area (Å²) in [7, 11) is 0. The summed E-state index contributed by atoms with van der Waals surface area (Å²) in [5.74, 6) is 2.69. The standard InChI is InChI=1S/C14H18BrN/c1-4-7-11(3)16-14(5-2)12-8-6-9-13(15)10-12/h1,6,8-11,14,16H,5,7H2,2-3H3. The Morgan fingerprint density at radius 1 is 1.50 bits per heavy atom. The van der Waals surface area contributed by atoms with E-state index in [9.17, 15) is 0 Å². The van der Waals surface area contributed by atoms with Crippen LogP contribution in [0.5, 0.6) is 0 Å². The maximum absolute atomic E-state index is 5.31. The first-order valence-corrected chi connectivity index (χ1v) is 6.41. The SMILES string of the molecule is C#CCC(C)NC(CC)c1cccc(Br)c1. The van der Waals surface area contributed by atoms with Gasteiger partial charge in [-0.1, -0.05) is 35.0 Å². The van der Waals surface area contributed by atoms with Crippen LogP contribution in [0.25, 0.3) is 0 Å². The third-order valence-corrected chi connectivity index (χ3v) is 3.06. The van der Waals surface area contributed by atoms with Crippen molar-refractivity contribution in [3.8, 4) is 12.3 Å². The van der Waals surface area contributed by atoms with E-state index in [1.165, 1.54) is 5.56 Å². The molecule has 0 radical (unpaired) electrons. The Kier molecular flexibility index (Phi) is 5.59. The smallest absolute Gasteiger partial charge is 0.0320 e. The normalized spacial score (nSPS) is 14.1. The van der Waals surface area contributed by atoms with E-state index in [2.05, 4.69) is 59.2 Å². The van der Waals surface area contributed by atoms with E-state index < -0.39 is 0 Å². The number of hydrogen-bond donors (Lipinski definition) is 1. The van der Waals surface area contributed by atoms with Crippen LogP contribution in [0.15, 0.2) is 28.7 Å². The molecule has 0 bridgehead atoms. The molecule has 0 saturated carbocycles. The molecule has 0 fully saturated rings. The van der Waals surface area contributed by atoms with Gasteiger partial charge in [-0.3, -0.25) is 0 Å². The summed E-state index contributed by atoms with van der Waals surface area (Å²) in [5.41, 5.74) is 1.31. The number of terminal acetylenes is 1. The van der Waals surface area contributed by atoms with Crippen LogP contribution in [0.2, 0.25) is 0 Å². The van der Waals surface area contributed by atoms with Gasteiger partial charge in [0.2, 0.25) is 0 Å². The van der Waals surface area contributed by atoms with Crippen molar-refractivity contribution in [3.05, 3.63) is 34.3 Å². The van der Waals surface area contributed by atoms with Gasteiger partial charge >= 0.3 is 0 Å². The van der Waals surface area contributed by atoms with Crippen LogP contribution in [-0.2, 0) is 0 Å². The minimum Gasteiger partial charge on any atom is -0.307 e. The van der Waals surface area contributed by atoms with Crippen molar-refractivity contribution in [1.29, 1.82) is 0 Å². The lowest BCUT2D eigenvalue weighted by atomic mass is 10.0. The van der Waals surface area contributed by atoms with Crippen molar-refractivity contribution in [2.24, 2.45) is 0 Å². The highest BCUT2D eigenvalue weighted by molar-refractivity contribution is 9.10. The molecule has 0 spiro atoms. The predicted octanol–water partition coefficient (Wildman–Crippen LogP) is 3.90. The van der Waals surface area contributed by atoms with Gasteiger partial charge < -0.3 is 5.32 Å². The van der Waals surface area contributed by atoms with Crippen molar-refractivity contribution < 1.29 is 0 Å². The third kappa shape index (κ3) is 4.00. The summed E-state index contributed by atoms with van der Waals surface area (Å²) in [6, 6.07) is 9.14. The van der Waals surface area contributed by atoms with Crippen LogP contribution in [-0.4, -0.2) is 6.04 Å². The lowest BCUT2D eigenvalue weighted by molar-refractivity contribution is 0.450. The summed E-state index contributed by atoms with van der Waals surface area (Å²) in [4.78, 5) is 0. The first-order chi connectivity index (χ1) is 7.67. The molecule has 1 aromatic carbocycles. The Morgan fingerprint density at radius 2 is 2.25 bits per heavy atom. The topological polar surface area (TPSA) is 12.0 Å². The molecular formula is C14H18BrN. The maximum Gasteiger partial charge on any atom is 0.0320 e. The van der Waals surface area contributed by atoms with E-state index in [0.29, 0.717) is 12.1 Å². The molecule has 1 aromatic rings. The number of benzene rings is 1. The summed E-state index contributed by atoms with van der Waals surface area (Å²) in [6.45, 7) is 4.31. The van der Waals surface area contributed by atoms with E-state index in [1.54, 1.807) is 0 Å². The van der Waals surface area contributed by atoms with E-state index in [0.717, 1.165) is 17.3 Å². The van der Waals surface area contributed by atoms with Gasteiger partial charge in [0.1, 0.15) is 0 Å². The molecule has 0 aliphatic heterocycles. The molecule has 0 heterocycles. The van der Waals surface area contributed by atoms with Gasteiger partial charge in [0.15, 0.2) is 0 Å². The molecule has 0 aliphatic carbocycles. The Balaban J connectivity index is 2.71. The zero-order valence-electron chi connectivity index (χ0n) is 9.83. The van der Waals surface area contributed by atoms with Crippen molar-refractivity contribution in [2.45, 2.75) is 38.8 Å². The Labute approximate surface area is 107 Å². The molecule has 0 aromatic heterocycles. The molecule has 1 rings (SSSR count). The van der Waals surface area contributed by atoms with Gasteiger partial charge in [-0.2, -0.15) is 0 Å². The highest BCUT2D eigenvalue weighted by atomic mass is 79.9. The fraction of sp³-hybridized carbons (Fsp3) is 0.429. The van der Waals surface area contributed by atoms with Crippen molar-refractivity contribution >= 4 is 15.9 Å². The molecule has 16 heavy (non-hydrogen) atoms. The van der Waals surface area contributed by atoms with Crippen LogP contribution in [0.3, 0.4) is 0 Å². The van der Waals surface area contributed by atoms with Gasteiger partial charge in [0, 0.05) is 23.0 Å². The van der Waals surface area contributed by atoms with Crippen LogP contribution in [0.4, 0.5) is 0 Å². The first-order valence-electron chi connectivity index (χ1n) is 5.62. The summed E-state index contributed by atoms with van der Waals surface area (Å²) in [6.07, 6.45) is 7.14. The van der Waals surface area contributed by atoms with E-state index in [4.69, 9.17) is 6.42 Å². The quantitative estimate of drug-likeness (QED) is 0.806. The van der Waals surface area contributed by atoms with Gasteiger partial charge in [0.25, 0.3) is 0 Å². The summed E-state index contributed by atoms with van der Waals surface area (Å²) < 4.78 is 1.12. The molecule has 2 atom stereocenters. The monoisotopic (exact) mass is 279 g/mol. The minimum atomic E-state index is 0.355. The van der Waals surface area contributed by atoms with Crippen molar-refractivity contribution in [3.63, 3.8) is 0 Å². The molecule has 0 amide bonds. The van der Waals surface area contributed by atoms with Gasteiger partial charge in [-0.05, 0) is 31.0 Å². The van der Waals surface area contributed by atoms with Crippen molar-refractivity contribution in [2.75, 3.05) is 0 Å². The molecular weight excluding hydrogens is 262 g/mol. The minimum absolute atomic E-state index is 0.355. The van der Waals surface area contributed by atoms with Crippen LogP contribution in [0, 0.1) is 12.3 Å². The lowest BCUT2D eigenvalue weighted by Gasteiger charge is -2.21. The fourth-order valence-corrected chi connectivity index (χ4v) is 2.17. The van der Waals surface area contributed by atoms with E-state index >= 15 is 0 Å². The fourth-order valence-electron chi connectivity index (χ4n) is 1.75. The summed E-state index contributed by atoms with van der Waals surface area (Å²) in [5, 5.41) is 3.55. The highest BCUT2D eigenvalue weighted by Gasteiger charge is 2.11. The number of halogens is 1. The molecule has 2 unspecified atom stereocenters. The Bertz CT molecular complexity index is 367. The number of rotatable bonds is 5. The van der Waals surface area contributed by atoms with Crippen LogP contribution < -0.4 is 5.32 Å². The van der Waals surface area contributed by atoms with Gasteiger partial charge in [-0.15, -0.1) is 12.3 Å². The Morgan fingerprint density at radius 3 is 2.81 bits per heavy atom. The van der Waals surface area contributed by atoms with E-state index in [1.807, 2.05) is 6.07 Å². The van der Waals surface area contributed by atoms with Gasteiger partial charge in [-0.25, -0.2) is 0 Å². The molecule has 86 valence electrons. The number of nitrogens with one attached hydrogen (secondary N) is 1. The number of hydrogen-bond acceptors (Lipinski definition) is 1. The second kappa shape index (κ2) is 6.73. The molecule has 1 N–H and O–H groups in total.